The van der Waals surface area contributed by atoms with Gasteiger partial charge in [-0.3, -0.25) is 9.59 Å². The molecule has 3 rings (SSSR count). The van der Waals surface area contributed by atoms with E-state index in [2.05, 4.69) is 20.5 Å². The lowest BCUT2D eigenvalue weighted by Gasteiger charge is -2.14. The summed E-state index contributed by atoms with van der Waals surface area (Å²) in [6.45, 7) is 4.12. The first-order valence-corrected chi connectivity index (χ1v) is 11.0. The number of carbonyl (C=O) groups excluding carboxylic acids is 2. The summed E-state index contributed by atoms with van der Waals surface area (Å²) >= 11 is 1.42. The first-order valence-electron chi connectivity index (χ1n) is 10.1. The fraction of sp³-hybridized carbons (Fsp3) is 0.476. The van der Waals surface area contributed by atoms with Crippen molar-refractivity contribution < 1.29 is 19.4 Å². The smallest absolute Gasteiger partial charge is 0.275 e. The molecule has 1 aromatic carbocycles. The van der Waals surface area contributed by atoms with Crippen LogP contribution in [0.5, 0.6) is 0 Å². The Morgan fingerprint density at radius 3 is 2.90 bits per heavy atom. The van der Waals surface area contributed by atoms with E-state index in [4.69, 9.17) is 4.74 Å². The molecule has 162 valence electrons. The van der Waals surface area contributed by atoms with E-state index in [0.717, 1.165) is 36.6 Å². The molecule has 0 radical (unpaired) electrons. The van der Waals surface area contributed by atoms with Crippen LogP contribution in [-0.2, 0) is 11.2 Å². The predicted molar refractivity (Wildman–Crippen MR) is 118 cm³/mol. The average Bonchev–Trinajstić information content (AvgIpc) is 3.42. The number of carbonyl (C=O) groups is 2. The summed E-state index contributed by atoms with van der Waals surface area (Å²) in [7, 11) is 1.70. The molecule has 30 heavy (non-hydrogen) atoms. The first kappa shape index (κ1) is 22.2. The van der Waals surface area contributed by atoms with Crippen molar-refractivity contribution in [2.45, 2.75) is 32.3 Å². The SMILES string of the molecule is CCCNC(=O)c1cc(CCO)ccc1NC(=O)c1csc(N2CC[C@H](OC)C2)n1. The van der Waals surface area contributed by atoms with Crippen LogP contribution in [0.4, 0.5) is 10.8 Å². The highest BCUT2D eigenvalue weighted by atomic mass is 32.1. The van der Waals surface area contributed by atoms with Crippen LogP contribution in [0.25, 0.3) is 0 Å². The molecule has 1 atom stereocenters. The Morgan fingerprint density at radius 1 is 1.37 bits per heavy atom. The van der Waals surface area contributed by atoms with E-state index in [-0.39, 0.29) is 24.5 Å². The van der Waals surface area contributed by atoms with Crippen molar-refractivity contribution in [1.29, 1.82) is 0 Å². The van der Waals surface area contributed by atoms with Crippen molar-refractivity contribution in [3.05, 3.63) is 40.4 Å². The van der Waals surface area contributed by atoms with Gasteiger partial charge in [-0.15, -0.1) is 11.3 Å². The molecule has 0 aliphatic carbocycles. The summed E-state index contributed by atoms with van der Waals surface area (Å²) in [4.78, 5) is 31.9. The highest BCUT2D eigenvalue weighted by Crippen LogP contribution is 2.26. The van der Waals surface area contributed by atoms with Crippen molar-refractivity contribution >= 4 is 34.0 Å². The number of nitrogens with zero attached hydrogens (tertiary/aromatic N) is 2. The minimum Gasteiger partial charge on any atom is -0.396 e. The summed E-state index contributed by atoms with van der Waals surface area (Å²) in [6, 6.07) is 5.20. The third kappa shape index (κ3) is 5.35. The van der Waals surface area contributed by atoms with Crippen LogP contribution in [0.1, 0.15) is 46.2 Å². The number of hydrogen-bond acceptors (Lipinski definition) is 7. The largest absolute Gasteiger partial charge is 0.396 e. The van der Waals surface area contributed by atoms with Gasteiger partial charge in [-0.2, -0.15) is 0 Å². The average molecular weight is 433 g/mol. The Bertz CT molecular complexity index is 886. The molecule has 0 unspecified atom stereocenters. The molecule has 0 saturated carbocycles. The number of anilines is 2. The Labute approximate surface area is 180 Å². The van der Waals surface area contributed by atoms with Crippen molar-refractivity contribution in [3.63, 3.8) is 0 Å². The zero-order valence-corrected chi connectivity index (χ0v) is 18.1. The van der Waals surface area contributed by atoms with E-state index in [1.165, 1.54) is 11.3 Å². The summed E-state index contributed by atoms with van der Waals surface area (Å²) in [5.74, 6) is -0.618. The lowest BCUT2D eigenvalue weighted by molar-refractivity contribution is 0.0954. The molecule has 9 heteroatoms. The number of benzene rings is 1. The molecule has 1 aliphatic rings. The minimum atomic E-state index is -0.362. The second kappa shape index (κ2) is 10.5. The van der Waals surface area contributed by atoms with Gasteiger partial charge >= 0.3 is 0 Å². The number of hydrogen-bond donors (Lipinski definition) is 3. The number of aliphatic hydroxyl groups excluding tert-OH is 1. The van der Waals surface area contributed by atoms with E-state index < -0.39 is 0 Å². The number of ether oxygens (including phenoxy) is 1. The second-order valence-electron chi connectivity index (χ2n) is 7.17. The second-order valence-corrected chi connectivity index (χ2v) is 8.01. The number of aromatic nitrogens is 1. The molecular weight excluding hydrogens is 404 g/mol. The predicted octanol–water partition coefficient (Wildman–Crippen LogP) is 2.30. The molecule has 1 aromatic heterocycles. The molecule has 3 N–H and O–H groups in total. The van der Waals surface area contributed by atoms with Crippen LogP contribution in [-0.4, -0.2) is 61.4 Å². The lowest BCUT2D eigenvalue weighted by atomic mass is 10.1. The molecular formula is C21H28N4O4S. The van der Waals surface area contributed by atoms with Gasteiger partial charge in [0.1, 0.15) is 5.69 Å². The topological polar surface area (TPSA) is 104 Å². The lowest BCUT2D eigenvalue weighted by Crippen LogP contribution is -2.26. The number of aliphatic hydroxyl groups is 1. The third-order valence-electron chi connectivity index (χ3n) is 4.99. The van der Waals surface area contributed by atoms with Gasteiger partial charge in [0.15, 0.2) is 5.13 Å². The Balaban J connectivity index is 1.75. The number of methoxy groups -OCH3 is 1. The molecule has 0 spiro atoms. The van der Waals surface area contributed by atoms with E-state index in [1.54, 1.807) is 30.7 Å². The quantitative estimate of drug-likeness (QED) is 0.562. The Morgan fingerprint density at radius 2 is 2.20 bits per heavy atom. The minimum absolute atomic E-state index is 0.0102. The first-order chi connectivity index (χ1) is 14.5. The third-order valence-corrected chi connectivity index (χ3v) is 5.89. The van der Waals surface area contributed by atoms with Crippen LogP contribution in [0.3, 0.4) is 0 Å². The standard InChI is InChI=1S/C21H28N4O4S/c1-3-8-22-19(27)16-11-14(7-10-26)4-5-17(16)23-20(28)18-13-30-21(24-18)25-9-6-15(12-25)29-2/h4-5,11,13,15,26H,3,6-10,12H2,1-2H3,(H,22,27)(H,23,28)/t15-/m0/s1. The number of nitrogens with one attached hydrogen (secondary N) is 2. The number of rotatable bonds is 9. The van der Waals surface area contributed by atoms with Gasteiger partial charge in [0.2, 0.25) is 0 Å². The van der Waals surface area contributed by atoms with Gasteiger partial charge in [-0.05, 0) is 37.0 Å². The molecule has 1 aliphatic heterocycles. The van der Waals surface area contributed by atoms with Gasteiger partial charge in [0.25, 0.3) is 11.8 Å². The van der Waals surface area contributed by atoms with Gasteiger partial charge in [0.05, 0.1) is 17.4 Å². The molecule has 2 heterocycles. The van der Waals surface area contributed by atoms with Crippen LogP contribution in [0, 0.1) is 0 Å². The van der Waals surface area contributed by atoms with Crippen LogP contribution >= 0.6 is 11.3 Å². The number of amides is 2. The molecule has 1 fully saturated rings. The van der Waals surface area contributed by atoms with Gasteiger partial charge in [-0.25, -0.2) is 4.98 Å². The summed E-state index contributed by atoms with van der Waals surface area (Å²) in [5.41, 5.74) is 1.94. The van der Waals surface area contributed by atoms with Gasteiger partial charge in [0, 0.05) is 38.7 Å². The molecule has 2 amide bonds. The maximum absolute atomic E-state index is 12.8. The highest BCUT2D eigenvalue weighted by Gasteiger charge is 2.25. The Hall–Kier alpha value is -2.49. The van der Waals surface area contributed by atoms with Crippen molar-refractivity contribution in [2.24, 2.45) is 0 Å². The van der Waals surface area contributed by atoms with Crippen LogP contribution in [0.2, 0.25) is 0 Å². The van der Waals surface area contributed by atoms with Gasteiger partial charge in [-0.1, -0.05) is 13.0 Å². The summed E-state index contributed by atoms with van der Waals surface area (Å²) in [6.07, 6.45) is 2.38. The molecule has 0 bridgehead atoms. The van der Waals surface area contributed by atoms with E-state index >= 15 is 0 Å². The molecule has 2 aromatic rings. The van der Waals surface area contributed by atoms with Crippen molar-refractivity contribution in [1.82, 2.24) is 10.3 Å². The summed E-state index contributed by atoms with van der Waals surface area (Å²) < 4.78 is 5.39. The fourth-order valence-corrected chi connectivity index (χ4v) is 4.14. The molecule has 1 saturated heterocycles. The van der Waals surface area contributed by atoms with E-state index in [0.29, 0.717) is 29.9 Å². The van der Waals surface area contributed by atoms with Crippen LogP contribution < -0.4 is 15.5 Å². The van der Waals surface area contributed by atoms with E-state index in [1.807, 2.05) is 6.92 Å². The van der Waals surface area contributed by atoms with Crippen molar-refractivity contribution in [2.75, 3.05) is 43.6 Å². The number of thiazole rings is 1. The highest BCUT2D eigenvalue weighted by molar-refractivity contribution is 7.14. The fourth-order valence-electron chi connectivity index (χ4n) is 3.30. The van der Waals surface area contributed by atoms with Crippen molar-refractivity contribution in [3.8, 4) is 0 Å². The zero-order chi connectivity index (χ0) is 21.5. The van der Waals surface area contributed by atoms with Gasteiger partial charge < -0.3 is 25.4 Å². The maximum atomic E-state index is 12.8. The monoisotopic (exact) mass is 432 g/mol. The maximum Gasteiger partial charge on any atom is 0.275 e. The normalized spacial score (nSPS) is 16.0. The molecule has 8 nitrogen and oxygen atoms in total. The Kier molecular flexibility index (Phi) is 7.78. The zero-order valence-electron chi connectivity index (χ0n) is 17.3. The van der Waals surface area contributed by atoms with E-state index in [9.17, 15) is 14.7 Å². The summed E-state index contributed by atoms with van der Waals surface area (Å²) in [5, 5.41) is 17.4. The van der Waals surface area contributed by atoms with Crippen LogP contribution in [0.15, 0.2) is 23.6 Å².